The highest BCUT2D eigenvalue weighted by Crippen LogP contribution is 2.19. The van der Waals surface area contributed by atoms with Crippen LogP contribution in [0.5, 0.6) is 0 Å². The van der Waals surface area contributed by atoms with Crippen molar-refractivity contribution < 1.29 is 19.1 Å². The molecule has 0 amide bonds. The van der Waals surface area contributed by atoms with Crippen LogP contribution in [0.25, 0.3) is 0 Å². The minimum atomic E-state index is -0.237. The fourth-order valence-corrected chi connectivity index (χ4v) is 2.24. The molecule has 0 aromatic carbocycles. The maximum absolute atomic E-state index is 11.6. The van der Waals surface area contributed by atoms with Gasteiger partial charge in [0.2, 0.25) is 0 Å². The van der Waals surface area contributed by atoms with Crippen LogP contribution in [0.3, 0.4) is 0 Å². The molecule has 0 saturated carbocycles. The molecule has 5 heteroatoms. The van der Waals surface area contributed by atoms with Crippen molar-refractivity contribution in [1.29, 1.82) is 0 Å². The molecule has 0 aromatic heterocycles. The highest BCUT2D eigenvalue weighted by molar-refractivity contribution is 5.76. The van der Waals surface area contributed by atoms with Gasteiger partial charge in [-0.2, -0.15) is 0 Å². The Balaban J connectivity index is 2.59. The van der Waals surface area contributed by atoms with Crippen molar-refractivity contribution in [1.82, 2.24) is 4.90 Å². The quantitative estimate of drug-likeness (QED) is 0.684. The first-order valence-electron chi connectivity index (χ1n) is 5.99. The topological polar surface area (TPSA) is 55.8 Å². The van der Waals surface area contributed by atoms with Gasteiger partial charge < -0.3 is 9.47 Å². The van der Waals surface area contributed by atoms with Crippen molar-refractivity contribution in [3.05, 3.63) is 0 Å². The Labute approximate surface area is 102 Å². The van der Waals surface area contributed by atoms with Gasteiger partial charge in [-0.3, -0.25) is 14.5 Å². The Bertz CT molecular complexity index is 280. The summed E-state index contributed by atoms with van der Waals surface area (Å²) in [6.07, 6.45) is 2.89. The van der Waals surface area contributed by atoms with Crippen molar-refractivity contribution in [3.63, 3.8) is 0 Å². The lowest BCUT2D eigenvalue weighted by atomic mass is 10.0. The van der Waals surface area contributed by atoms with E-state index in [4.69, 9.17) is 9.47 Å². The van der Waals surface area contributed by atoms with E-state index in [0.29, 0.717) is 6.54 Å². The number of hydrogen-bond acceptors (Lipinski definition) is 5. The lowest BCUT2D eigenvalue weighted by Gasteiger charge is -2.34. The maximum Gasteiger partial charge on any atom is 0.323 e. The molecule has 1 heterocycles. The summed E-state index contributed by atoms with van der Waals surface area (Å²) >= 11 is 0. The van der Waals surface area contributed by atoms with Gasteiger partial charge in [0.15, 0.2) is 0 Å². The van der Waals surface area contributed by atoms with E-state index in [1.807, 2.05) is 11.8 Å². The molecule has 0 bridgehead atoms. The number of ether oxygens (including phenoxy) is 2. The predicted octanol–water partition coefficient (Wildman–Crippen LogP) is 0.823. The number of rotatable bonds is 4. The van der Waals surface area contributed by atoms with E-state index in [0.717, 1.165) is 25.8 Å². The lowest BCUT2D eigenvalue weighted by molar-refractivity contribution is -0.152. The van der Waals surface area contributed by atoms with Gasteiger partial charge in [0.25, 0.3) is 0 Å². The minimum absolute atomic E-state index is 0.207. The number of hydrogen-bond donors (Lipinski definition) is 0. The third kappa shape index (κ3) is 3.70. The van der Waals surface area contributed by atoms with Crippen LogP contribution in [-0.4, -0.2) is 50.2 Å². The molecule has 0 spiro atoms. The normalized spacial score (nSPS) is 22.9. The smallest absolute Gasteiger partial charge is 0.323 e. The van der Waals surface area contributed by atoms with Crippen LogP contribution in [0.4, 0.5) is 0 Å². The van der Waals surface area contributed by atoms with Crippen molar-refractivity contribution in [3.8, 4) is 0 Å². The van der Waals surface area contributed by atoms with Crippen molar-refractivity contribution in [2.24, 2.45) is 5.92 Å². The summed E-state index contributed by atoms with van der Waals surface area (Å²) in [6, 6.07) is -0.208. The lowest BCUT2D eigenvalue weighted by Crippen LogP contribution is -2.47. The van der Waals surface area contributed by atoms with E-state index in [1.165, 1.54) is 14.2 Å². The molecule has 98 valence electrons. The molecule has 1 rings (SSSR count). The van der Waals surface area contributed by atoms with E-state index in [-0.39, 0.29) is 23.9 Å². The molecule has 1 fully saturated rings. The summed E-state index contributed by atoms with van der Waals surface area (Å²) in [4.78, 5) is 25.0. The van der Waals surface area contributed by atoms with Gasteiger partial charge in [0.05, 0.1) is 20.1 Å². The first kappa shape index (κ1) is 14.0. The summed E-state index contributed by atoms with van der Waals surface area (Å²) in [5, 5.41) is 0. The number of likely N-dealkylation sites (tertiary alicyclic amines) is 1. The molecular formula is C12H21NO4. The first-order valence-corrected chi connectivity index (χ1v) is 5.99. The fraction of sp³-hybridized carbons (Fsp3) is 0.833. The summed E-state index contributed by atoms with van der Waals surface area (Å²) in [5.41, 5.74) is 0. The number of methoxy groups -OCH3 is 2. The summed E-state index contributed by atoms with van der Waals surface area (Å²) in [6.45, 7) is 3.20. The molecule has 2 atom stereocenters. The Morgan fingerprint density at radius 1 is 1.29 bits per heavy atom. The highest BCUT2D eigenvalue weighted by Gasteiger charge is 2.31. The van der Waals surface area contributed by atoms with Gasteiger partial charge in [-0.1, -0.05) is 13.3 Å². The SMILES string of the molecule is COC(=O)C(C)CN1CCCC[C@@H]1C(=O)OC. The number of carbonyl (C=O) groups is 2. The Hall–Kier alpha value is -1.10. The summed E-state index contributed by atoms with van der Waals surface area (Å²) < 4.78 is 9.49. The van der Waals surface area contributed by atoms with E-state index < -0.39 is 0 Å². The zero-order valence-corrected chi connectivity index (χ0v) is 10.8. The second-order valence-electron chi connectivity index (χ2n) is 4.45. The average molecular weight is 243 g/mol. The Kier molecular flexibility index (Phi) is 5.41. The second kappa shape index (κ2) is 6.59. The van der Waals surface area contributed by atoms with Crippen LogP contribution in [0.1, 0.15) is 26.2 Å². The monoisotopic (exact) mass is 243 g/mol. The Morgan fingerprint density at radius 3 is 2.59 bits per heavy atom. The van der Waals surface area contributed by atoms with Gasteiger partial charge in [-0.15, -0.1) is 0 Å². The van der Waals surface area contributed by atoms with E-state index in [1.54, 1.807) is 0 Å². The third-order valence-electron chi connectivity index (χ3n) is 3.20. The summed E-state index contributed by atoms with van der Waals surface area (Å²) in [7, 11) is 2.78. The minimum Gasteiger partial charge on any atom is -0.469 e. The molecule has 1 aliphatic rings. The molecule has 1 saturated heterocycles. The number of esters is 2. The van der Waals surface area contributed by atoms with E-state index in [2.05, 4.69) is 0 Å². The van der Waals surface area contributed by atoms with Gasteiger partial charge in [-0.05, 0) is 19.4 Å². The number of piperidine rings is 1. The highest BCUT2D eigenvalue weighted by atomic mass is 16.5. The average Bonchev–Trinajstić information content (AvgIpc) is 2.37. The molecule has 1 unspecified atom stereocenters. The molecular weight excluding hydrogens is 222 g/mol. The third-order valence-corrected chi connectivity index (χ3v) is 3.20. The standard InChI is InChI=1S/C12H21NO4/c1-9(11(14)16-2)8-13-7-5-4-6-10(13)12(15)17-3/h9-10H,4-8H2,1-3H3/t9?,10-/m1/s1. The van der Waals surface area contributed by atoms with Crippen LogP contribution in [-0.2, 0) is 19.1 Å². The van der Waals surface area contributed by atoms with Crippen molar-refractivity contribution >= 4 is 11.9 Å². The van der Waals surface area contributed by atoms with E-state index >= 15 is 0 Å². The van der Waals surface area contributed by atoms with Crippen molar-refractivity contribution in [2.75, 3.05) is 27.3 Å². The molecule has 0 aliphatic carbocycles. The van der Waals surface area contributed by atoms with Crippen LogP contribution in [0.2, 0.25) is 0 Å². The van der Waals surface area contributed by atoms with Gasteiger partial charge in [0, 0.05) is 6.54 Å². The molecule has 17 heavy (non-hydrogen) atoms. The predicted molar refractivity (Wildman–Crippen MR) is 62.4 cm³/mol. The first-order chi connectivity index (χ1) is 8.10. The molecule has 0 N–H and O–H groups in total. The number of nitrogens with zero attached hydrogens (tertiary/aromatic N) is 1. The van der Waals surface area contributed by atoms with Crippen LogP contribution in [0.15, 0.2) is 0 Å². The molecule has 0 radical (unpaired) electrons. The second-order valence-corrected chi connectivity index (χ2v) is 4.45. The molecule has 5 nitrogen and oxygen atoms in total. The van der Waals surface area contributed by atoms with Gasteiger partial charge in [0.1, 0.15) is 6.04 Å². The zero-order valence-electron chi connectivity index (χ0n) is 10.8. The van der Waals surface area contributed by atoms with Crippen LogP contribution in [0, 0.1) is 5.92 Å². The Morgan fingerprint density at radius 2 is 2.00 bits per heavy atom. The van der Waals surface area contributed by atoms with E-state index in [9.17, 15) is 9.59 Å². The molecule has 0 aromatic rings. The van der Waals surface area contributed by atoms with Crippen molar-refractivity contribution in [2.45, 2.75) is 32.2 Å². The van der Waals surface area contributed by atoms with Gasteiger partial charge in [-0.25, -0.2) is 0 Å². The largest absolute Gasteiger partial charge is 0.469 e. The van der Waals surface area contributed by atoms with Crippen LogP contribution < -0.4 is 0 Å². The molecule has 1 aliphatic heterocycles. The fourth-order valence-electron chi connectivity index (χ4n) is 2.24. The zero-order chi connectivity index (χ0) is 12.8. The maximum atomic E-state index is 11.6. The van der Waals surface area contributed by atoms with Crippen LogP contribution >= 0.6 is 0 Å². The number of carbonyl (C=O) groups excluding carboxylic acids is 2. The van der Waals surface area contributed by atoms with Gasteiger partial charge >= 0.3 is 11.9 Å². The summed E-state index contributed by atoms with van der Waals surface area (Å²) in [5.74, 6) is -0.661.